The Morgan fingerprint density at radius 3 is 3.05 bits per heavy atom. The molecule has 19 heavy (non-hydrogen) atoms. The molecule has 104 valence electrons. The fourth-order valence-electron chi connectivity index (χ4n) is 1.77. The Hall–Kier alpha value is -1.44. The molecule has 0 radical (unpaired) electrons. The highest BCUT2D eigenvalue weighted by Gasteiger charge is 2.12. The van der Waals surface area contributed by atoms with Crippen molar-refractivity contribution in [3.63, 3.8) is 0 Å². The van der Waals surface area contributed by atoms with Crippen LogP contribution in [0.4, 0.5) is 5.82 Å². The van der Waals surface area contributed by atoms with Gasteiger partial charge in [-0.3, -0.25) is 0 Å². The van der Waals surface area contributed by atoms with Gasteiger partial charge >= 0.3 is 0 Å². The molecule has 7 nitrogen and oxygen atoms in total. The maximum atomic E-state index is 8.67. The zero-order valence-corrected chi connectivity index (χ0v) is 11.4. The minimum absolute atomic E-state index is 0.0283. The van der Waals surface area contributed by atoms with E-state index in [0.29, 0.717) is 30.7 Å². The van der Waals surface area contributed by atoms with Crippen LogP contribution >= 0.6 is 11.6 Å². The number of rotatable bonds is 7. The van der Waals surface area contributed by atoms with E-state index in [-0.39, 0.29) is 6.61 Å². The fourth-order valence-corrected chi connectivity index (χ4v) is 1.94. The smallest absolute Gasteiger partial charge is 0.255 e. The molecule has 2 aromatic rings. The highest BCUT2D eigenvalue weighted by molar-refractivity contribution is 6.29. The number of likely N-dealkylation sites (N-methyl/N-ethyl adjacent to an activating group) is 1. The summed E-state index contributed by atoms with van der Waals surface area (Å²) in [6.07, 6.45) is 1.44. The van der Waals surface area contributed by atoms with Gasteiger partial charge in [0.15, 0.2) is 0 Å². The summed E-state index contributed by atoms with van der Waals surface area (Å²) < 4.78 is 6.92. The van der Waals surface area contributed by atoms with Crippen LogP contribution < -0.4 is 4.90 Å². The standard InChI is InChI=1S/C11H16ClN5O2/c1-2-16(3-5-19-6-4-18)10-7-9(12)15-11-13-8-14-17(10)11/h7-8,18H,2-6H2,1H3. The molecule has 0 amide bonds. The molecule has 0 atom stereocenters. The van der Waals surface area contributed by atoms with Crippen molar-refractivity contribution in [1.82, 2.24) is 19.6 Å². The first-order chi connectivity index (χ1) is 9.26. The van der Waals surface area contributed by atoms with E-state index in [1.165, 1.54) is 6.33 Å². The van der Waals surface area contributed by atoms with E-state index >= 15 is 0 Å². The van der Waals surface area contributed by atoms with Crippen LogP contribution in [0.3, 0.4) is 0 Å². The van der Waals surface area contributed by atoms with Crippen molar-refractivity contribution in [3.05, 3.63) is 17.5 Å². The highest BCUT2D eigenvalue weighted by atomic mass is 35.5. The normalized spacial score (nSPS) is 11.1. The zero-order valence-electron chi connectivity index (χ0n) is 10.7. The Bertz CT molecular complexity index is 533. The third-order valence-electron chi connectivity index (χ3n) is 2.65. The van der Waals surface area contributed by atoms with Gasteiger partial charge in [0, 0.05) is 19.2 Å². The monoisotopic (exact) mass is 285 g/mol. The van der Waals surface area contributed by atoms with Crippen LogP contribution in [0.25, 0.3) is 5.78 Å². The fraction of sp³-hybridized carbons (Fsp3) is 0.545. The second kappa shape index (κ2) is 6.65. The van der Waals surface area contributed by atoms with Gasteiger partial charge in [-0.1, -0.05) is 11.6 Å². The number of hydrogen-bond donors (Lipinski definition) is 1. The average Bonchev–Trinajstić information content (AvgIpc) is 2.86. The molecule has 0 spiro atoms. The van der Waals surface area contributed by atoms with Crippen LogP contribution in [0.5, 0.6) is 0 Å². The van der Waals surface area contributed by atoms with E-state index in [0.717, 1.165) is 12.4 Å². The molecule has 0 aliphatic carbocycles. The number of anilines is 1. The van der Waals surface area contributed by atoms with Crippen molar-refractivity contribution in [3.8, 4) is 0 Å². The molecule has 0 saturated carbocycles. The number of aliphatic hydroxyl groups is 1. The van der Waals surface area contributed by atoms with Gasteiger partial charge in [-0.2, -0.15) is 19.6 Å². The van der Waals surface area contributed by atoms with Crippen LogP contribution in [-0.2, 0) is 4.74 Å². The molecule has 0 bridgehead atoms. The van der Waals surface area contributed by atoms with Crippen molar-refractivity contribution in [2.24, 2.45) is 0 Å². The third-order valence-corrected chi connectivity index (χ3v) is 2.84. The number of halogens is 1. The first-order valence-corrected chi connectivity index (χ1v) is 6.44. The summed E-state index contributed by atoms with van der Waals surface area (Å²) in [4.78, 5) is 10.2. The molecule has 0 aliphatic heterocycles. The van der Waals surface area contributed by atoms with E-state index in [1.54, 1.807) is 10.6 Å². The van der Waals surface area contributed by atoms with E-state index in [4.69, 9.17) is 21.4 Å². The average molecular weight is 286 g/mol. The SMILES string of the molecule is CCN(CCOCCO)c1cc(Cl)nc2ncnn12. The minimum Gasteiger partial charge on any atom is -0.394 e. The lowest BCUT2D eigenvalue weighted by Gasteiger charge is -2.23. The molecule has 2 rings (SSSR count). The summed E-state index contributed by atoms with van der Waals surface area (Å²) in [6, 6.07) is 1.75. The van der Waals surface area contributed by atoms with Crippen LogP contribution in [-0.4, -0.2) is 57.6 Å². The number of nitrogens with zero attached hydrogens (tertiary/aromatic N) is 5. The predicted octanol–water partition coefficient (Wildman–Crippen LogP) is 0.613. The summed E-state index contributed by atoms with van der Waals surface area (Å²) in [6.45, 7) is 4.37. The number of aliphatic hydroxyl groups excluding tert-OH is 1. The van der Waals surface area contributed by atoms with Gasteiger partial charge < -0.3 is 14.7 Å². The number of aromatic nitrogens is 4. The van der Waals surface area contributed by atoms with Gasteiger partial charge in [-0.15, -0.1) is 0 Å². The number of fused-ring (bicyclic) bond motifs is 1. The largest absolute Gasteiger partial charge is 0.394 e. The Kier molecular flexibility index (Phi) is 4.89. The number of hydrogen-bond acceptors (Lipinski definition) is 6. The topological polar surface area (TPSA) is 75.8 Å². The summed E-state index contributed by atoms with van der Waals surface area (Å²) >= 11 is 5.98. The summed E-state index contributed by atoms with van der Waals surface area (Å²) in [5, 5.41) is 13.2. The quantitative estimate of drug-likeness (QED) is 0.593. The van der Waals surface area contributed by atoms with Crippen molar-refractivity contribution < 1.29 is 9.84 Å². The first-order valence-electron chi connectivity index (χ1n) is 6.06. The Balaban J connectivity index is 2.17. The second-order valence-electron chi connectivity index (χ2n) is 3.82. The zero-order chi connectivity index (χ0) is 13.7. The summed E-state index contributed by atoms with van der Waals surface area (Å²) in [7, 11) is 0. The molecule has 8 heteroatoms. The van der Waals surface area contributed by atoms with Crippen molar-refractivity contribution in [1.29, 1.82) is 0 Å². The molecule has 2 heterocycles. The molecule has 0 saturated heterocycles. The molecule has 0 fully saturated rings. The van der Waals surface area contributed by atoms with Crippen LogP contribution in [0.2, 0.25) is 5.15 Å². The van der Waals surface area contributed by atoms with Gasteiger partial charge in [0.1, 0.15) is 17.3 Å². The van der Waals surface area contributed by atoms with E-state index in [9.17, 15) is 0 Å². The predicted molar refractivity (Wildman–Crippen MR) is 71.6 cm³/mol. The molecular weight excluding hydrogens is 270 g/mol. The summed E-state index contributed by atoms with van der Waals surface area (Å²) in [5.41, 5.74) is 0. The van der Waals surface area contributed by atoms with Gasteiger partial charge in [-0.05, 0) is 6.92 Å². The van der Waals surface area contributed by atoms with Crippen molar-refractivity contribution >= 4 is 23.2 Å². The van der Waals surface area contributed by atoms with Crippen LogP contribution in [0.15, 0.2) is 12.4 Å². The van der Waals surface area contributed by atoms with Crippen LogP contribution in [0.1, 0.15) is 6.92 Å². The van der Waals surface area contributed by atoms with Crippen molar-refractivity contribution in [2.75, 3.05) is 37.8 Å². The molecule has 0 aliphatic rings. The maximum absolute atomic E-state index is 8.67. The lowest BCUT2D eigenvalue weighted by molar-refractivity contribution is 0.0966. The van der Waals surface area contributed by atoms with E-state index in [2.05, 4.69) is 20.0 Å². The third kappa shape index (κ3) is 3.31. The van der Waals surface area contributed by atoms with Gasteiger partial charge in [0.05, 0.1) is 19.8 Å². The first kappa shape index (κ1) is 14.0. The van der Waals surface area contributed by atoms with Gasteiger partial charge in [0.25, 0.3) is 5.78 Å². The molecular formula is C11H16ClN5O2. The molecule has 2 aromatic heterocycles. The van der Waals surface area contributed by atoms with Gasteiger partial charge in [-0.25, -0.2) is 0 Å². The second-order valence-corrected chi connectivity index (χ2v) is 4.21. The Morgan fingerprint density at radius 1 is 1.47 bits per heavy atom. The molecule has 1 N–H and O–H groups in total. The number of ether oxygens (including phenoxy) is 1. The maximum Gasteiger partial charge on any atom is 0.255 e. The summed E-state index contributed by atoms with van der Waals surface area (Å²) in [5.74, 6) is 1.29. The minimum atomic E-state index is 0.0283. The molecule has 0 aromatic carbocycles. The van der Waals surface area contributed by atoms with E-state index in [1.807, 2.05) is 6.92 Å². The lowest BCUT2D eigenvalue weighted by Crippen LogP contribution is -2.29. The Labute approximate surface area is 115 Å². The van der Waals surface area contributed by atoms with Crippen LogP contribution in [0, 0.1) is 0 Å². The molecule has 0 unspecified atom stereocenters. The Morgan fingerprint density at radius 2 is 2.32 bits per heavy atom. The highest BCUT2D eigenvalue weighted by Crippen LogP contribution is 2.18. The lowest BCUT2D eigenvalue weighted by atomic mass is 10.4. The van der Waals surface area contributed by atoms with E-state index < -0.39 is 0 Å². The van der Waals surface area contributed by atoms with Gasteiger partial charge in [0.2, 0.25) is 0 Å². The van der Waals surface area contributed by atoms with Crippen molar-refractivity contribution in [2.45, 2.75) is 6.92 Å².